The third kappa shape index (κ3) is 9.21. The first-order chi connectivity index (χ1) is 35.3. The normalized spacial score (nSPS) is 23.5. The van der Waals surface area contributed by atoms with Gasteiger partial charge >= 0.3 is 12.2 Å². The number of aromatic nitrogens is 6. The molecule has 384 valence electrons. The van der Waals surface area contributed by atoms with E-state index < -0.39 is 36.3 Å². The molecule has 4 aromatic heterocycles. The van der Waals surface area contributed by atoms with Crippen molar-refractivity contribution in [3.05, 3.63) is 82.3 Å². The van der Waals surface area contributed by atoms with Gasteiger partial charge in [0, 0.05) is 41.7 Å². The number of aromatic amines is 2. The number of alkyl carbamates (subject to hydrolysis) is 2. The van der Waals surface area contributed by atoms with E-state index in [2.05, 4.69) is 26.7 Å². The first kappa shape index (κ1) is 48.5. The molecule has 3 saturated heterocycles. The van der Waals surface area contributed by atoms with Crippen LogP contribution in [0.15, 0.2) is 55.0 Å². The second-order valence-electron chi connectivity index (χ2n) is 20.6. The highest BCUT2D eigenvalue weighted by Gasteiger charge is 2.43. The van der Waals surface area contributed by atoms with Crippen LogP contribution in [-0.4, -0.2) is 115 Å². The molecule has 1 saturated carbocycles. The van der Waals surface area contributed by atoms with Crippen LogP contribution in [0.5, 0.6) is 5.75 Å². The Balaban J connectivity index is 0.893. The van der Waals surface area contributed by atoms with Gasteiger partial charge < -0.3 is 49.3 Å². The number of ether oxygens (including phenoxy) is 4. The molecule has 4 amide bonds. The number of nitrogens with zero attached hydrogens (tertiary/aromatic N) is 6. The van der Waals surface area contributed by atoms with E-state index in [9.17, 15) is 19.2 Å². The number of hydrogen-bond donors (Lipinski definition) is 4. The van der Waals surface area contributed by atoms with Crippen LogP contribution >= 0.6 is 11.3 Å². The third-order valence-corrected chi connectivity index (χ3v) is 16.4. The van der Waals surface area contributed by atoms with Crippen LogP contribution in [-0.2, 0) is 23.8 Å². The van der Waals surface area contributed by atoms with E-state index in [0.29, 0.717) is 84.6 Å². The van der Waals surface area contributed by atoms with Gasteiger partial charge in [0.25, 0.3) is 0 Å². The fourth-order valence-electron chi connectivity index (χ4n) is 11.5. The van der Waals surface area contributed by atoms with E-state index in [-0.39, 0.29) is 47.9 Å². The number of halogens is 1. The smallest absolute Gasteiger partial charge is 0.407 e. The lowest BCUT2D eigenvalue weighted by Gasteiger charge is -2.38. The van der Waals surface area contributed by atoms with Crippen molar-refractivity contribution in [2.75, 3.05) is 27.3 Å². The molecule has 8 heterocycles. The molecule has 0 radical (unpaired) electrons. The minimum atomic E-state index is -0.775. The standard InChI is InChI=1S/C53H61FN10O8S/c1-26(2)44(60-52(67)69-5)49(65)62-15-7-9-38(62)47-56-24-36(59-47)31-20-34(54)43-40-21-32-19-30(13-14-37(32)64(40)51(72-41(43)22-31)42-25-57-48(73-42)29-11-12-29)35-23-55-46(58-35)39-10-8-16-63(39)50(66)45(61-53(68)70-6)33-17-27(3)71-28(4)18-33/h13-14,19-29,33,38-39,44-45,51H,7-12,15-18H2,1-6H3,(H,55,58)(H,56,59)(H,60,67)(H,61,68). The average molecular weight is 1020 g/mol. The van der Waals surface area contributed by atoms with Crippen molar-refractivity contribution in [2.24, 2.45) is 11.8 Å². The fraction of sp³-hybridized carbons (Fsp3) is 0.491. The van der Waals surface area contributed by atoms with Crippen LogP contribution < -0.4 is 15.4 Å². The van der Waals surface area contributed by atoms with Crippen molar-refractivity contribution in [3.63, 3.8) is 0 Å². The first-order valence-corrected chi connectivity index (χ1v) is 26.3. The van der Waals surface area contributed by atoms with Gasteiger partial charge in [-0.2, -0.15) is 0 Å². The molecule has 5 aliphatic rings. The number of methoxy groups -OCH3 is 2. The molecule has 4 aliphatic heterocycles. The van der Waals surface area contributed by atoms with Crippen molar-refractivity contribution >= 4 is 46.2 Å². The molecule has 7 unspecified atom stereocenters. The maximum Gasteiger partial charge on any atom is 0.407 e. The number of hydrogen-bond acceptors (Lipinski definition) is 12. The van der Waals surface area contributed by atoms with Gasteiger partial charge in [-0.15, -0.1) is 11.3 Å². The summed E-state index contributed by atoms with van der Waals surface area (Å²) in [6, 6.07) is 9.18. The summed E-state index contributed by atoms with van der Waals surface area (Å²) in [4.78, 5) is 78.8. The lowest BCUT2D eigenvalue weighted by Crippen LogP contribution is -2.54. The van der Waals surface area contributed by atoms with Gasteiger partial charge in [0.15, 0.2) is 0 Å². The third-order valence-electron chi connectivity index (χ3n) is 15.2. The number of benzene rings is 2. The number of amides is 4. The largest absolute Gasteiger partial charge is 0.464 e. The van der Waals surface area contributed by atoms with E-state index in [4.69, 9.17) is 33.9 Å². The van der Waals surface area contributed by atoms with E-state index in [0.717, 1.165) is 57.7 Å². The summed E-state index contributed by atoms with van der Waals surface area (Å²) in [5.41, 5.74) is 4.56. The Kier molecular flexibility index (Phi) is 13.0. The molecular weight excluding hydrogens is 956 g/mol. The van der Waals surface area contributed by atoms with E-state index in [1.54, 1.807) is 28.6 Å². The van der Waals surface area contributed by atoms with Gasteiger partial charge in [-0.25, -0.2) is 28.9 Å². The molecule has 18 nitrogen and oxygen atoms in total. The van der Waals surface area contributed by atoms with Crippen molar-refractivity contribution in [1.82, 2.24) is 49.9 Å². The number of rotatable bonds is 12. The molecule has 6 aromatic rings. The SMILES string of the molecule is COC(=O)NC(C(=O)N1CCCC1c1ncc(-c2cc(F)c3c(c2)OC(c2cnc(C4CC4)s2)n2c-3cc3cc(-c4cnc(C5CCCN5C(=O)C(NC(=O)OC)C5CC(C)OC(C)C5)[nH]4)ccc32)[nH]1)C(C)C. The topological polar surface area (TPSA) is 211 Å². The van der Waals surface area contributed by atoms with Gasteiger partial charge in [-0.1, -0.05) is 19.9 Å². The molecule has 11 rings (SSSR count). The first-order valence-electron chi connectivity index (χ1n) is 25.4. The van der Waals surface area contributed by atoms with Gasteiger partial charge in [0.05, 0.1) is 89.0 Å². The molecule has 0 spiro atoms. The highest BCUT2D eigenvalue weighted by atomic mass is 32.1. The summed E-state index contributed by atoms with van der Waals surface area (Å²) in [6.07, 6.45) is 9.66. The number of carbonyl (C=O) groups is 4. The fourth-order valence-corrected chi connectivity index (χ4v) is 12.6. The Morgan fingerprint density at radius 3 is 2.08 bits per heavy atom. The van der Waals surface area contributed by atoms with Crippen molar-refractivity contribution in [2.45, 2.75) is 128 Å². The van der Waals surface area contributed by atoms with Crippen LogP contribution in [0.2, 0.25) is 0 Å². The molecule has 4 fully saturated rings. The quantitative estimate of drug-likeness (QED) is 0.0908. The van der Waals surface area contributed by atoms with E-state index >= 15 is 4.39 Å². The average Bonchev–Trinajstić information content (AvgIpc) is 4.10. The number of H-pyrrole nitrogens is 2. The lowest BCUT2D eigenvalue weighted by molar-refractivity contribution is -0.138. The molecule has 2 aromatic carbocycles. The molecule has 1 aliphatic carbocycles. The van der Waals surface area contributed by atoms with Gasteiger partial charge in [-0.05, 0) is 107 Å². The van der Waals surface area contributed by atoms with Crippen LogP contribution in [0.4, 0.5) is 14.0 Å². The van der Waals surface area contributed by atoms with Gasteiger partial charge in [0.1, 0.15) is 35.3 Å². The zero-order chi connectivity index (χ0) is 50.8. The Morgan fingerprint density at radius 1 is 0.795 bits per heavy atom. The minimum absolute atomic E-state index is 0.0521. The number of thiazole rings is 1. The Labute approximate surface area is 425 Å². The molecule has 4 N–H and O–H groups in total. The predicted molar refractivity (Wildman–Crippen MR) is 269 cm³/mol. The molecule has 7 atom stereocenters. The number of nitrogens with one attached hydrogen (secondary N) is 4. The zero-order valence-corrected chi connectivity index (χ0v) is 42.6. The van der Waals surface area contributed by atoms with Gasteiger partial charge in [-0.3, -0.25) is 14.2 Å². The Morgan fingerprint density at radius 2 is 1.44 bits per heavy atom. The maximum atomic E-state index is 17.0. The van der Waals surface area contributed by atoms with Gasteiger partial charge in [0.2, 0.25) is 18.0 Å². The zero-order valence-electron chi connectivity index (χ0n) is 41.8. The van der Waals surface area contributed by atoms with E-state index in [1.165, 1.54) is 20.3 Å². The van der Waals surface area contributed by atoms with Crippen LogP contribution in [0.3, 0.4) is 0 Å². The van der Waals surface area contributed by atoms with Crippen molar-refractivity contribution in [1.29, 1.82) is 0 Å². The summed E-state index contributed by atoms with van der Waals surface area (Å²) < 4.78 is 41.7. The van der Waals surface area contributed by atoms with Crippen molar-refractivity contribution < 1.29 is 42.5 Å². The molecule has 20 heteroatoms. The minimum Gasteiger partial charge on any atom is -0.464 e. The monoisotopic (exact) mass is 1020 g/mol. The molecular formula is C53H61FN10O8S. The van der Waals surface area contributed by atoms with Crippen molar-refractivity contribution in [3.8, 4) is 39.5 Å². The number of imidazole rings is 2. The summed E-state index contributed by atoms with van der Waals surface area (Å²) >= 11 is 1.62. The summed E-state index contributed by atoms with van der Waals surface area (Å²) in [6.45, 7) is 8.76. The predicted octanol–water partition coefficient (Wildman–Crippen LogP) is 9.14. The maximum absolute atomic E-state index is 17.0. The second-order valence-corrected chi connectivity index (χ2v) is 21.6. The Hall–Kier alpha value is -6.80. The van der Waals surface area contributed by atoms with E-state index in [1.807, 2.05) is 67.6 Å². The van der Waals surface area contributed by atoms with Crippen LogP contribution in [0, 0.1) is 17.7 Å². The number of carbonyl (C=O) groups excluding carboxylic acids is 4. The number of fused-ring (bicyclic) bond motifs is 5. The van der Waals surface area contributed by atoms with Crippen LogP contribution in [0.25, 0.3) is 44.7 Å². The molecule has 73 heavy (non-hydrogen) atoms. The summed E-state index contributed by atoms with van der Waals surface area (Å²) in [5.74, 6) is 0.889. The van der Waals surface area contributed by atoms with Crippen LogP contribution in [0.1, 0.15) is 125 Å². The second kappa shape index (κ2) is 19.6. The Bertz CT molecular complexity index is 3080. The highest BCUT2D eigenvalue weighted by molar-refractivity contribution is 7.11. The summed E-state index contributed by atoms with van der Waals surface area (Å²) in [7, 11) is 2.57. The summed E-state index contributed by atoms with van der Waals surface area (Å²) in [5, 5.41) is 7.48. The highest BCUT2D eigenvalue weighted by Crippen LogP contribution is 2.50. The number of likely N-dealkylation sites (tertiary alicyclic amines) is 2. The lowest BCUT2D eigenvalue weighted by atomic mass is 9.85. The molecule has 0 bridgehead atoms.